The van der Waals surface area contributed by atoms with Crippen molar-refractivity contribution in [3.05, 3.63) is 89.6 Å². The molecule has 0 saturated carbocycles. The van der Waals surface area contributed by atoms with E-state index < -0.39 is 17.9 Å². The number of benzene rings is 2. The summed E-state index contributed by atoms with van der Waals surface area (Å²) in [6, 6.07) is 19.0. The molecule has 182 valence electrons. The van der Waals surface area contributed by atoms with E-state index in [9.17, 15) is 19.5 Å². The number of hydrogen-bond donors (Lipinski definition) is 3. The fraction of sp³-hybridized carbons (Fsp3) is 0.259. The first-order valence-electron chi connectivity index (χ1n) is 11.4. The lowest BCUT2D eigenvalue weighted by Gasteiger charge is -2.16. The predicted molar refractivity (Wildman–Crippen MR) is 138 cm³/mol. The second-order valence-electron chi connectivity index (χ2n) is 8.05. The fourth-order valence-corrected chi connectivity index (χ4v) is 4.18. The van der Waals surface area contributed by atoms with Gasteiger partial charge in [-0.3, -0.25) is 9.59 Å². The van der Waals surface area contributed by atoms with Crippen LogP contribution in [-0.4, -0.2) is 46.6 Å². The number of hydrogen-bond acceptors (Lipinski definition) is 6. The number of pyridine rings is 1. The lowest BCUT2D eigenvalue weighted by atomic mass is 10.0. The van der Waals surface area contributed by atoms with E-state index in [1.165, 1.54) is 11.8 Å². The molecule has 3 aromatic rings. The lowest BCUT2D eigenvalue weighted by molar-refractivity contribution is -0.139. The van der Waals surface area contributed by atoms with Crippen molar-refractivity contribution in [3.63, 3.8) is 0 Å². The second kappa shape index (κ2) is 13.3. The number of amides is 1. The number of carboxylic acids is 1. The first-order chi connectivity index (χ1) is 17.0. The number of nitrogens with one attached hydrogen (secondary N) is 2. The third kappa shape index (κ3) is 8.26. The molecule has 0 aliphatic carbocycles. The SMILES string of the molecule is CSc1ccccc1C(=O)N[C@@H](Cc1ccc(CC(=O)CCCNc2ccccn2)cc1)C(=O)O. The minimum absolute atomic E-state index is 0.142. The summed E-state index contributed by atoms with van der Waals surface area (Å²) in [6.45, 7) is 0.672. The Balaban J connectivity index is 1.48. The van der Waals surface area contributed by atoms with E-state index in [-0.39, 0.29) is 12.2 Å². The van der Waals surface area contributed by atoms with Gasteiger partial charge in [-0.15, -0.1) is 11.8 Å². The molecule has 1 aromatic heterocycles. The van der Waals surface area contributed by atoms with Gasteiger partial charge in [0, 0.05) is 36.9 Å². The summed E-state index contributed by atoms with van der Waals surface area (Å²) in [5.74, 6) is -0.579. The number of anilines is 1. The topological polar surface area (TPSA) is 108 Å². The van der Waals surface area contributed by atoms with E-state index in [0.717, 1.165) is 21.8 Å². The molecule has 0 saturated heterocycles. The highest BCUT2D eigenvalue weighted by atomic mass is 32.2. The summed E-state index contributed by atoms with van der Waals surface area (Å²) in [7, 11) is 0. The number of thioether (sulfide) groups is 1. The molecular formula is C27H29N3O4S. The van der Waals surface area contributed by atoms with Crippen LogP contribution in [0, 0.1) is 0 Å². The summed E-state index contributed by atoms with van der Waals surface area (Å²) >= 11 is 1.43. The van der Waals surface area contributed by atoms with E-state index in [2.05, 4.69) is 15.6 Å². The Morgan fingerprint density at radius 1 is 0.971 bits per heavy atom. The molecule has 0 fully saturated rings. The van der Waals surface area contributed by atoms with Crippen LogP contribution < -0.4 is 10.6 Å². The summed E-state index contributed by atoms with van der Waals surface area (Å²) < 4.78 is 0. The van der Waals surface area contributed by atoms with Crippen LogP contribution in [0.25, 0.3) is 0 Å². The molecule has 0 aliphatic rings. The van der Waals surface area contributed by atoms with Gasteiger partial charge in [0.15, 0.2) is 0 Å². The number of carboxylic acid groups (broad SMARTS) is 1. The smallest absolute Gasteiger partial charge is 0.326 e. The minimum atomic E-state index is -1.10. The number of aliphatic carboxylic acids is 1. The Morgan fingerprint density at radius 3 is 2.37 bits per heavy atom. The van der Waals surface area contributed by atoms with Crippen LogP contribution in [0.2, 0.25) is 0 Å². The van der Waals surface area contributed by atoms with Gasteiger partial charge in [-0.2, -0.15) is 0 Å². The van der Waals surface area contributed by atoms with Crippen LogP contribution in [0.1, 0.15) is 34.3 Å². The van der Waals surface area contributed by atoms with Crippen molar-refractivity contribution in [1.29, 1.82) is 0 Å². The molecular weight excluding hydrogens is 462 g/mol. The molecule has 0 spiro atoms. The number of Topliss-reactive ketones (excluding diaryl/α,β-unsaturated/α-hetero) is 1. The van der Waals surface area contributed by atoms with Crippen LogP contribution in [0.3, 0.4) is 0 Å². The molecule has 0 aliphatic heterocycles. The van der Waals surface area contributed by atoms with E-state index in [1.54, 1.807) is 18.3 Å². The zero-order chi connectivity index (χ0) is 25.0. The summed E-state index contributed by atoms with van der Waals surface area (Å²) in [5.41, 5.74) is 2.10. The monoisotopic (exact) mass is 491 g/mol. The third-order valence-corrected chi connectivity index (χ3v) is 6.22. The molecule has 3 rings (SSSR count). The maximum absolute atomic E-state index is 12.7. The van der Waals surface area contributed by atoms with Crippen molar-refractivity contribution in [1.82, 2.24) is 10.3 Å². The number of carbonyl (C=O) groups is 3. The van der Waals surface area contributed by atoms with Crippen molar-refractivity contribution in [3.8, 4) is 0 Å². The molecule has 35 heavy (non-hydrogen) atoms. The molecule has 3 N–H and O–H groups in total. The number of carbonyl (C=O) groups excluding carboxylic acids is 2. The molecule has 7 nitrogen and oxygen atoms in total. The summed E-state index contributed by atoms with van der Waals surface area (Å²) in [4.78, 5) is 41.7. The normalized spacial score (nSPS) is 11.5. The molecule has 8 heteroatoms. The molecule has 0 radical (unpaired) electrons. The largest absolute Gasteiger partial charge is 0.480 e. The number of aromatic nitrogens is 1. The molecule has 1 amide bonds. The third-order valence-electron chi connectivity index (χ3n) is 5.42. The predicted octanol–water partition coefficient (Wildman–Crippen LogP) is 4.23. The minimum Gasteiger partial charge on any atom is -0.480 e. The van der Waals surface area contributed by atoms with Gasteiger partial charge in [0.25, 0.3) is 5.91 Å². The van der Waals surface area contributed by atoms with E-state index in [4.69, 9.17) is 0 Å². The zero-order valence-electron chi connectivity index (χ0n) is 19.6. The van der Waals surface area contributed by atoms with Crippen LogP contribution in [0.15, 0.2) is 77.8 Å². The van der Waals surface area contributed by atoms with Crippen LogP contribution in [-0.2, 0) is 22.4 Å². The first kappa shape index (κ1) is 26.0. The van der Waals surface area contributed by atoms with E-state index in [1.807, 2.05) is 60.9 Å². The standard InChI is InChI=1S/C27H29N3O4S/c1-35-24-9-3-2-8-22(24)26(32)30-23(27(33)34)18-20-13-11-19(12-14-20)17-21(31)7-6-16-29-25-10-4-5-15-28-25/h2-5,8-15,23H,6-7,16-18H2,1H3,(H,28,29)(H,30,32)(H,33,34)/t23-/m0/s1. The Morgan fingerprint density at radius 2 is 1.69 bits per heavy atom. The quantitative estimate of drug-likeness (QED) is 0.242. The van der Waals surface area contributed by atoms with Gasteiger partial charge in [-0.25, -0.2) is 9.78 Å². The molecule has 2 aromatic carbocycles. The van der Waals surface area contributed by atoms with Crippen molar-refractivity contribution >= 4 is 35.2 Å². The lowest BCUT2D eigenvalue weighted by Crippen LogP contribution is -2.42. The van der Waals surface area contributed by atoms with Gasteiger partial charge in [0.1, 0.15) is 17.6 Å². The fourth-order valence-electron chi connectivity index (χ4n) is 3.58. The van der Waals surface area contributed by atoms with Gasteiger partial charge < -0.3 is 15.7 Å². The number of rotatable bonds is 13. The Labute approximate surface area is 209 Å². The van der Waals surface area contributed by atoms with Gasteiger partial charge in [-0.1, -0.05) is 42.5 Å². The van der Waals surface area contributed by atoms with Crippen LogP contribution >= 0.6 is 11.8 Å². The molecule has 0 bridgehead atoms. The molecule has 1 heterocycles. The van der Waals surface area contributed by atoms with Crippen molar-refractivity contribution < 1.29 is 19.5 Å². The zero-order valence-corrected chi connectivity index (χ0v) is 20.4. The summed E-state index contributed by atoms with van der Waals surface area (Å²) in [6.07, 6.45) is 5.24. The Bertz CT molecular complexity index is 1140. The summed E-state index contributed by atoms with van der Waals surface area (Å²) in [5, 5.41) is 15.4. The number of nitrogens with zero attached hydrogens (tertiary/aromatic N) is 1. The maximum atomic E-state index is 12.7. The highest BCUT2D eigenvalue weighted by Gasteiger charge is 2.22. The van der Waals surface area contributed by atoms with Gasteiger partial charge in [0.2, 0.25) is 0 Å². The van der Waals surface area contributed by atoms with Gasteiger partial charge in [-0.05, 0) is 48.1 Å². The Kier molecular flexibility index (Phi) is 9.86. The maximum Gasteiger partial charge on any atom is 0.326 e. The Hall–Kier alpha value is -3.65. The highest BCUT2D eigenvalue weighted by Crippen LogP contribution is 2.20. The van der Waals surface area contributed by atoms with Crippen LogP contribution in [0.4, 0.5) is 5.82 Å². The van der Waals surface area contributed by atoms with Crippen molar-refractivity contribution in [2.24, 2.45) is 0 Å². The van der Waals surface area contributed by atoms with E-state index in [0.29, 0.717) is 31.4 Å². The first-order valence-corrected chi connectivity index (χ1v) is 12.6. The van der Waals surface area contributed by atoms with Crippen molar-refractivity contribution in [2.45, 2.75) is 36.6 Å². The van der Waals surface area contributed by atoms with Crippen molar-refractivity contribution in [2.75, 3.05) is 18.1 Å². The van der Waals surface area contributed by atoms with Gasteiger partial charge in [0.05, 0.1) is 5.56 Å². The molecule has 0 unspecified atom stereocenters. The average molecular weight is 492 g/mol. The van der Waals surface area contributed by atoms with Crippen LogP contribution in [0.5, 0.6) is 0 Å². The number of ketones is 1. The van der Waals surface area contributed by atoms with Gasteiger partial charge >= 0.3 is 5.97 Å². The molecule has 1 atom stereocenters. The second-order valence-corrected chi connectivity index (χ2v) is 8.89. The van der Waals surface area contributed by atoms with E-state index >= 15 is 0 Å². The highest BCUT2D eigenvalue weighted by molar-refractivity contribution is 7.98. The average Bonchev–Trinajstić information content (AvgIpc) is 2.87.